The first-order chi connectivity index (χ1) is 17.4. The van der Waals surface area contributed by atoms with Crippen molar-refractivity contribution in [3.05, 3.63) is 94.7 Å². The van der Waals surface area contributed by atoms with Crippen LogP contribution in [-0.2, 0) is 25.5 Å². The number of aliphatic hydroxyl groups is 1. The largest absolute Gasteiger partial charge is 0.473 e. The first-order valence-electron chi connectivity index (χ1n) is 11.3. The first-order valence-corrected chi connectivity index (χ1v) is 11.3. The Hall–Kier alpha value is -3.60. The van der Waals surface area contributed by atoms with Gasteiger partial charge in [0, 0.05) is 12.6 Å². The molecule has 0 saturated carbocycles. The van der Waals surface area contributed by atoms with Crippen molar-refractivity contribution in [1.82, 2.24) is 9.88 Å². The average molecular weight is 526 g/mol. The summed E-state index contributed by atoms with van der Waals surface area (Å²) in [6.45, 7) is 0.619. The van der Waals surface area contributed by atoms with E-state index in [1.54, 1.807) is 6.92 Å². The lowest BCUT2D eigenvalue weighted by Gasteiger charge is -2.30. The van der Waals surface area contributed by atoms with Crippen molar-refractivity contribution in [3.8, 4) is 5.88 Å². The zero-order valence-electron chi connectivity index (χ0n) is 19.7. The van der Waals surface area contributed by atoms with Crippen LogP contribution in [0.25, 0.3) is 0 Å². The van der Waals surface area contributed by atoms with Crippen LogP contribution < -0.4 is 4.74 Å². The van der Waals surface area contributed by atoms with Gasteiger partial charge in [0.15, 0.2) is 0 Å². The number of rotatable bonds is 9. The number of alkyl halides is 6. The lowest BCUT2D eigenvalue weighted by molar-refractivity contribution is -0.143. The van der Waals surface area contributed by atoms with Gasteiger partial charge in [-0.3, -0.25) is 4.79 Å². The van der Waals surface area contributed by atoms with Gasteiger partial charge in [-0.25, -0.2) is 4.98 Å². The number of hydrogen-bond donors (Lipinski definition) is 1. The number of benzene rings is 2. The first kappa shape index (κ1) is 28.0. The van der Waals surface area contributed by atoms with Gasteiger partial charge in [0.2, 0.25) is 5.88 Å². The van der Waals surface area contributed by atoms with Crippen molar-refractivity contribution in [2.75, 3.05) is 6.61 Å². The Morgan fingerprint density at radius 1 is 0.919 bits per heavy atom. The standard InChI is InChI=1S/C26H24F6N2O3/c1-2-21(15-35)34(14-18-11-19(25(27,28)29)13-20(12-18)26(30,31)32)24(36)22-9-6-10-23(33-22)37-16-17-7-4-3-5-8-17/h3-13,21,35H,2,14-16H2,1H3. The van der Waals surface area contributed by atoms with E-state index in [1.165, 1.54) is 18.2 Å². The highest BCUT2D eigenvalue weighted by Crippen LogP contribution is 2.36. The number of halogens is 6. The molecule has 1 aromatic heterocycles. The number of amides is 1. The van der Waals surface area contributed by atoms with Crippen LogP contribution >= 0.6 is 0 Å². The van der Waals surface area contributed by atoms with E-state index in [0.29, 0.717) is 12.1 Å². The lowest BCUT2D eigenvalue weighted by atomic mass is 10.0. The van der Waals surface area contributed by atoms with Crippen LogP contribution in [0.3, 0.4) is 0 Å². The van der Waals surface area contributed by atoms with Crippen molar-refractivity contribution >= 4 is 5.91 Å². The van der Waals surface area contributed by atoms with Crippen LogP contribution in [0.4, 0.5) is 26.3 Å². The van der Waals surface area contributed by atoms with Crippen molar-refractivity contribution in [2.45, 2.75) is 44.9 Å². The minimum Gasteiger partial charge on any atom is -0.473 e. The predicted molar refractivity (Wildman–Crippen MR) is 122 cm³/mol. The second-order valence-electron chi connectivity index (χ2n) is 8.23. The lowest BCUT2D eigenvalue weighted by Crippen LogP contribution is -2.42. The number of carbonyl (C=O) groups excluding carboxylic acids is 1. The highest BCUT2D eigenvalue weighted by atomic mass is 19.4. The summed E-state index contributed by atoms with van der Waals surface area (Å²) in [6, 6.07) is 13.7. The van der Waals surface area contributed by atoms with Gasteiger partial charge in [-0.1, -0.05) is 43.3 Å². The van der Waals surface area contributed by atoms with E-state index < -0.39 is 48.6 Å². The van der Waals surface area contributed by atoms with E-state index in [4.69, 9.17) is 4.74 Å². The maximum Gasteiger partial charge on any atom is 0.416 e. The Kier molecular flexibility index (Phi) is 8.80. The van der Waals surface area contributed by atoms with Gasteiger partial charge in [-0.2, -0.15) is 26.3 Å². The van der Waals surface area contributed by atoms with E-state index in [2.05, 4.69) is 4.98 Å². The zero-order valence-corrected chi connectivity index (χ0v) is 19.7. The Morgan fingerprint density at radius 2 is 1.54 bits per heavy atom. The average Bonchev–Trinajstić information content (AvgIpc) is 2.86. The number of aromatic nitrogens is 1. The predicted octanol–water partition coefficient (Wildman–Crippen LogP) is 6.11. The van der Waals surface area contributed by atoms with Crippen LogP contribution in [0.5, 0.6) is 5.88 Å². The number of hydrogen-bond acceptors (Lipinski definition) is 4. The molecule has 1 heterocycles. The summed E-state index contributed by atoms with van der Waals surface area (Å²) in [5.41, 5.74) is -2.66. The van der Waals surface area contributed by atoms with Crippen LogP contribution in [0.1, 0.15) is 46.1 Å². The summed E-state index contributed by atoms with van der Waals surface area (Å²) in [5.74, 6) is -0.679. The smallest absolute Gasteiger partial charge is 0.416 e. The molecule has 0 saturated heterocycles. The molecule has 0 aliphatic rings. The topological polar surface area (TPSA) is 62.7 Å². The van der Waals surface area contributed by atoms with Crippen molar-refractivity contribution in [3.63, 3.8) is 0 Å². The van der Waals surface area contributed by atoms with Crippen LogP contribution in [0.2, 0.25) is 0 Å². The molecule has 1 N–H and O–H groups in total. The van der Waals surface area contributed by atoms with Gasteiger partial charge in [-0.15, -0.1) is 0 Å². The molecule has 3 rings (SSSR count). The van der Waals surface area contributed by atoms with Crippen LogP contribution in [0, 0.1) is 0 Å². The van der Waals surface area contributed by atoms with Gasteiger partial charge >= 0.3 is 12.4 Å². The number of aliphatic hydroxyl groups excluding tert-OH is 1. The normalized spacial score (nSPS) is 12.8. The Morgan fingerprint density at radius 3 is 2.08 bits per heavy atom. The molecule has 1 amide bonds. The van der Waals surface area contributed by atoms with Gasteiger partial charge in [0.1, 0.15) is 12.3 Å². The second kappa shape index (κ2) is 11.6. The molecule has 11 heteroatoms. The number of carbonyl (C=O) groups is 1. The maximum absolute atomic E-state index is 13.4. The molecule has 0 bridgehead atoms. The Balaban J connectivity index is 1.92. The van der Waals surface area contributed by atoms with Crippen molar-refractivity contribution < 1.29 is 41.0 Å². The molecular weight excluding hydrogens is 502 g/mol. The van der Waals surface area contributed by atoms with Crippen LogP contribution in [0.15, 0.2) is 66.7 Å². The molecule has 198 valence electrons. The third-order valence-electron chi connectivity index (χ3n) is 5.56. The van der Waals surface area contributed by atoms with E-state index in [-0.39, 0.29) is 36.2 Å². The quantitative estimate of drug-likeness (QED) is 0.342. The fourth-order valence-corrected chi connectivity index (χ4v) is 3.62. The van der Waals surface area contributed by atoms with Crippen molar-refractivity contribution in [2.24, 2.45) is 0 Å². The van der Waals surface area contributed by atoms with Gasteiger partial charge in [0.25, 0.3) is 5.91 Å². The molecule has 37 heavy (non-hydrogen) atoms. The monoisotopic (exact) mass is 526 g/mol. The Labute approximate surface area is 209 Å². The minimum atomic E-state index is -5.03. The molecule has 0 aliphatic heterocycles. The molecular formula is C26H24F6N2O3. The van der Waals surface area contributed by atoms with Crippen molar-refractivity contribution in [1.29, 1.82) is 0 Å². The van der Waals surface area contributed by atoms with Gasteiger partial charge in [-0.05, 0) is 41.8 Å². The van der Waals surface area contributed by atoms with Gasteiger partial charge in [0.05, 0.1) is 23.8 Å². The van der Waals surface area contributed by atoms with E-state index >= 15 is 0 Å². The Bertz CT molecular complexity index is 1160. The number of ether oxygens (including phenoxy) is 1. The summed E-state index contributed by atoms with van der Waals surface area (Å²) >= 11 is 0. The maximum atomic E-state index is 13.4. The second-order valence-corrected chi connectivity index (χ2v) is 8.23. The third kappa shape index (κ3) is 7.45. The fraction of sp³-hybridized carbons (Fsp3) is 0.308. The third-order valence-corrected chi connectivity index (χ3v) is 5.56. The highest BCUT2D eigenvalue weighted by Gasteiger charge is 2.37. The van der Waals surface area contributed by atoms with E-state index in [1.807, 2.05) is 30.3 Å². The van der Waals surface area contributed by atoms with E-state index in [9.17, 15) is 36.2 Å². The number of nitrogens with zero attached hydrogens (tertiary/aromatic N) is 2. The molecule has 0 aliphatic carbocycles. The highest BCUT2D eigenvalue weighted by molar-refractivity contribution is 5.92. The fourth-order valence-electron chi connectivity index (χ4n) is 3.62. The summed E-state index contributed by atoms with van der Waals surface area (Å²) in [7, 11) is 0. The molecule has 2 aromatic carbocycles. The minimum absolute atomic E-state index is 0.0219. The molecule has 0 fully saturated rings. The summed E-state index contributed by atoms with van der Waals surface area (Å²) in [6.07, 6.45) is -9.87. The number of pyridine rings is 1. The summed E-state index contributed by atoms with van der Waals surface area (Å²) < 4.78 is 85.5. The molecule has 1 atom stereocenters. The van der Waals surface area contributed by atoms with Gasteiger partial charge < -0.3 is 14.7 Å². The molecule has 0 radical (unpaired) electrons. The summed E-state index contributed by atoms with van der Waals surface area (Å²) in [5, 5.41) is 9.80. The SMILES string of the molecule is CCC(CO)N(Cc1cc(C(F)(F)F)cc(C(F)(F)F)c1)C(=O)c1cccc(OCc2ccccc2)n1. The van der Waals surface area contributed by atoms with E-state index in [0.717, 1.165) is 10.5 Å². The molecule has 3 aromatic rings. The summed E-state index contributed by atoms with van der Waals surface area (Å²) in [4.78, 5) is 18.5. The molecule has 5 nitrogen and oxygen atoms in total. The zero-order chi connectivity index (χ0) is 27.2. The molecule has 0 spiro atoms. The van der Waals surface area contributed by atoms with Crippen LogP contribution in [-0.4, -0.2) is 33.5 Å². The molecule has 1 unspecified atom stereocenters.